The number of aliphatic carboxylic acids is 1. The molecule has 2 aromatic carbocycles. The fourth-order valence-electron chi connectivity index (χ4n) is 2.26. The summed E-state index contributed by atoms with van der Waals surface area (Å²) in [5.74, 6) is -3.03. The smallest absolute Gasteiger partial charge is 0.417 e. The van der Waals surface area contributed by atoms with Crippen LogP contribution < -0.4 is 10.0 Å². The van der Waals surface area contributed by atoms with Gasteiger partial charge in [0.15, 0.2) is 0 Å². The van der Waals surface area contributed by atoms with E-state index in [-0.39, 0.29) is 24.5 Å². The van der Waals surface area contributed by atoms with E-state index in [9.17, 15) is 18.0 Å². The number of carboxylic acids is 1. The molecule has 0 saturated carbocycles. The van der Waals surface area contributed by atoms with Gasteiger partial charge in [-0.05, 0) is 17.7 Å². The third kappa shape index (κ3) is 6.48. The van der Waals surface area contributed by atoms with Gasteiger partial charge >= 0.3 is 11.9 Å². The first-order chi connectivity index (χ1) is 12.9. The molecule has 2 aromatic rings. The van der Waals surface area contributed by atoms with E-state index in [0.717, 1.165) is 0 Å². The van der Waals surface area contributed by atoms with Gasteiger partial charge in [0, 0.05) is 19.6 Å². The molecule has 0 heterocycles. The Hall–Kier alpha value is -2.75. The second-order valence-electron chi connectivity index (χ2n) is 5.52. The number of benzene rings is 2. The maximum absolute atomic E-state index is 12.1. The molecule has 9 heteroatoms. The van der Waals surface area contributed by atoms with Gasteiger partial charge in [-0.1, -0.05) is 48.5 Å². The first-order valence-corrected chi connectivity index (χ1v) is 9.63. The molecule has 2 rings (SSSR count). The molecule has 0 bridgehead atoms. The summed E-state index contributed by atoms with van der Waals surface area (Å²) in [6, 6.07) is 16.7. The Morgan fingerprint density at radius 1 is 0.963 bits per heavy atom. The SMILES string of the molecule is O=C(O)C(=O)OC(CNCCNS(=O)(=O)c1ccccc1)c1ccccc1. The van der Waals surface area contributed by atoms with Crippen LogP contribution >= 0.6 is 0 Å². The molecule has 144 valence electrons. The summed E-state index contributed by atoms with van der Waals surface area (Å²) < 4.78 is 31.6. The highest BCUT2D eigenvalue weighted by Crippen LogP contribution is 2.16. The number of rotatable bonds is 9. The Labute approximate surface area is 157 Å². The maximum atomic E-state index is 12.1. The van der Waals surface area contributed by atoms with Crippen molar-refractivity contribution in [3.8, 4) is 0 Å². The van der Waals surface area contributed by atoms with Crippen LogP contribution in [0.15, 0.2) is 65.6 Å². The van der Waals surface area contributed by atoms with Gasteiger partial charge in [-0.15, -0.1) is 0 Å². The summed E-state index contributed by atoms with van der Waals surface area (Å²) in [5.41, 5.74) is 0.629. The van der Waals surface area contributed by atoms with Crippen molar-refractivity contribution in [3.05, 3.63) is 66.2 Å². The van der Waals surface area contributed by atoms with Gasteiger partial charge in [0.05, 0.1) is 4.90 Å². The minimum atomic E-state index is -3.60. The van der Waals surface area contributed by atoms with Crippen molar-refractivity contribution in [3.63, 3.8) is 0 Å². The molecule has 0 aliphatic carbocycles. The van der Waals surface area contributed by atoms with Gasteiger partial charge in [-0.25, -0.2) is 22.7 Å². The molecule has 0 aliphatic heterocycles. The third-order valence-corrected chi connectivity index (χ3v) is 5.05. The van der Waals surface area contributed by atoms with Gasteiger partial charge in [0.25, 0.3) is 0 Å². The van der Waals surface area contributed by atoms with E-state index in [1.807, 2.05) is 0 Å². The van der Waals surface area contributed by atoms with Crippen molar-refractivity contribution in [2.24, 2.45) is 0 Å². The molecular weight excluding hydrogens is 372 g/mol. The van der Waals surface area contributed by atoms with E-state index < -0.39 is 28.1 Å². The Balaban J connectivity index is 1.86. The Morgan fingerprint density at radius 2 is 1.56 bits per heavy atom. The molecule has 0 saturated heterocycles. The highest BCUT2D eigenvalue weighted by Gasteiger charge is 2.21. The van der Waals surface area contributed by atoms with Crippen molar-refractivity contribution in [2.45, 2.75) is 11.0 Å². The normalized spacial score (nSPS) is 12.3. The molecule has 1 atom stereocenters. The highest BCUT2D eigenvalue weighted by molar-refractivity contribution is 7.89. The van der Waals surface area contributed by atoms with Crippen LogP contribution in [0, 0.1) is 0 Å². The van der Waals surface area contributed by atoms with Crippen LogP contribution in [-0.2, 0) is 24.3 Å². The standard InChI is InChI=1S/C18H20N2O6S/c21-17(22)18(23)26-16(14-7-3-1-4-8-14)13-19-11-12-20-27(24,25)15-9-5-2-6-10-15/h1-10,16,19-20H,11-13H2,(H,21,22). The van der Waals surface area contributed by atoms with Crippen molar-refractivity contribution in [1.82, 2.24) is 10.0 Å². The minimum absolute atomic E-state index is 0.117. The Morgan fingerprint density at radius 3 is 2.15 bits per heavy atom. The van der Waals surface area contributed by atoms with E-state index in [1.54, 1.807) is 48.5 Å². The third-order valence-electron chi connectivity index (χ3n) is 3.57. The molecule has 0 aromatic heterocycles. The summed E-state index contributed by atoms with van der Waals surface area (Å²) in [7, 11) is -3.60. The number of hydrogen-bond donors (Lipinski definition) is 3. The monoisotopic (exact) mass is 392 g/mol. The molecule has 0 fully saturated rings. The van der Waals surface area contributed by atoms with Gasteiger partial charge in [-0.3, -0.25) is 0 Å². The van der Waals surface area contributed by atoms with Crippen molar-refractivity contribution < 1.29 is 27.9 Å². The van der Waals surface area contributed by atoms with Crippen molar-refractivity contribution >= 4 is 22.0 Å². The van der Waals surface area contributed by atoms with E-state index in [2.05, 4.69) is 10.0 Å². The molecule has 0 amide bonds. The summed E-state index contributed by atoms with van der Waals surface area (Å²) in [6.07, 6.45) is -0.805. The average Bonchev–Trinajstić information content (AvgIpc) is 2.68. The zero-order valence-electron chi connectivity index (χ0n) is 14.4. The number of carbonyl (C=O) groups is 2. The number of carbonyl (C=O) groups excluding carboxylic acids is 1. The van der Waals surface area contributed by atoms with Gasteiger partial charge in [0.1, 0.15) is 6.10 Å². The zero-order valence-corrected chi connectivity index (χ0v) is 15.2. The van der Waals surface area contributed by atoms with Crippen LogP contribution in [0.5, 0.6) is 0 Å². The predicted octanol–water partition coefficient (Wildman–Crippen LogP) is 0.924. The summed E-state index contributed by atoms with van der Waals surface area (Å²) in [4.78, 5) is 22.2. The lowest BCUT2D eigenvalue weighted by atomic mass is 10.1. The molecule has 27 heavy (non-hydrogen) atoms. The molecule has 0 radical (unpaired) electrons. The average molecular weight is 392 g/mol. The number of hydrogen-bond acceptors (Lipinski definition) is 6. The zero-order chi connectivity index (χ0) is 19.7. The summed E-state index contributed by atoms with van der Waals surface area (Å²) in [5, 5.41) is 11.7. The first-order valence-electron chi connectivity index (χ1n) is 8.14. The lowest BCUT2D eigenvalue weighted by Gasteiger charge is -2.18. The molecule has 8 nitrogen and oxygen atoms in total. The second-order valence-corrected chi connectivity index (χ2v) is 7.29. The van der Waals surface area contributed by atoms with E-state index in [1.165, 1.54) is 12.1 Å². The fourth-order valence-corrected chi connectivity index (χ4v) is 3.32. The van der Waals surface area contributed by atoms with Crippen LogP contribution in [0.2, 0.25) is 0 Å². The minimum Gasteiger partial charge on any atom is -0.473 e. The number of sulfonamides is 1. The number of ether oxygens (including phenoxy) is 1. The Kier molecular flexibility index (Phi) is 7.47. The van der Waals surface area contributed by atoms with E-state index >= 15 is 0 Å². The largest absolute Gasteiger partial charge is 0.473 e. The quantitative estimate of drug-likeness (QED) is 0.330. The highest BCUT2D eigenvalue weighted by atomic mass is 32.2. The van der Waals surface area contributed by atoms with Gasteiger partial charge < -0.3 is 15.2 Å². The lowest BCUT2D eigenvalue weighted by molar-refractivity contribution is -0.167. The second kappa shape index (κ2) is 9.81. The van der Waals surface area contributed by atoms with E-state index in [0.29, 0.717) is 5.56 Å². The Bertz CT molecular complexity index is 856. The van der Waals surface area contributed by atoms with Gasteiger partial charge in [-0.2, -0.15) is 0 Å². The number of carboxylic acid groups (broad SMARTS) is 1. The van der Waals surface area contributed by atoms with Crippen LogP contribution in [0.1, 0.15) is 11.7 Å². The maximum Gasteiger partial charge on any atom is 0.417 e. The fraction of sp³-hybridized carbons (Fsp3) is 0.222. The van der Waals surface area contributed by atoms with E-state index in [4.69, 9.17) is 9.84 Å². The van der Waals surface area contributed by atoms with Crippen LogP contribution in [0.25, 0.3) is 0 Å². The number of nitrogens with one attached hydrogen (secondary N) is 2. The first kappa shape index (κ1) is 20.6. The molecular formula is C18H20N2O6S. The number of esters is 1. The van der Waals surface area contributed by atoms with Crippen molar-refractivity contribution in [2.75, 3.05) is 19.6 Å². The summed E-state index contributed by atoms with van der Waals surface area (Å²) >= 11 is 0. The lowest BCUT2D eigenvalue weighted by Crippen LogP contribution is -2.34. The van der Waals surface area contributed by atoms with Crippen LogP contribution in [0.4, 0.5) is 0 Å². The predicted molar refractivity (Wildman–Crippen MR) is 97.4 cm³/mol. The molecule has 0 aliphatic rings. The molecule has 3 N–H and O–H groups in total. The van der Waals surface area contributed by atoms with Gasteiger partial charge in [0.2, 0.25) is 10.0 Å². The summed E-state index contributed by atoms with van der Waals surface area (Å²) in [6.45, 7) is 0.516. The topological polar surface area (TPSA) is 122 Å². The molecule has 1 unspecified atom stereocenters. The van der Waals surface area contributed by atoms with Crippen LogP contribution in [0.3, 0.4) is 0 Å². The van der Waals surface area contributed by atoms with Crippen molar-refractivity contribution in [1.29, 1.82) is 0 Å². The molecule has 0 spiro atoms. The van der Waals surface area contributed by atoms with Crippen LogP contribution in [-0.4, -0.2) is 45.1 Å².